The SMILES string of the molecule is CC/C=C\C/C=C\C/C=C\C/C=C\C/C=C\C/C=C\CCCCC(=O)NC(COP(=O)(O)OCC[N+](C)(C)C)C(O)/C=C/CCCCCCCCCCCCCCCC. The van der Waals surface area contributed by atoms with E-state index < -0.39 is 20.0 Å². The molecule has 0 bridgehead atoms. The number of hydrogen-bond acceptors (Lipinski definition) is 5. The van der Waals surface area contributed by atoms with Gasteiger partial charge >= 0.3 is 7.82 Å². The molecule has 3 atom stereocenters. The molecule has 9 heteroatoms. The summed E-state index contributed by atoms with van der Waals surface area (Å²) in [7, 11) is 1.53. The molecule has 0 saturated heterocycles. The molecule has 3 N–H and O–H groups in total. The lowest BCUT2D eigenvalue weighted by molar-refractivity contribution is -0.870. The Bertz CT molecular complexity index is 1230. The van der Waals surface area contributed by atoms with Crippen LogP contribution >= 0.6 is 7.82 Å². The molecule has 0 fully saturated rings. The number of quaternary nitrogens is 1. The van der Waals surface area contributed by atoms with Gasteiger partial charge in [-0.2, -0.15) is 0 Å². The highest BCUT2D eigenvalue weighted by Crippen LogP contribution is 2.43. The monoisotopic (exact) mass is 846 g/mol. The summed E-state index contributed by atoms with van der Waals surface area (Å²) in [5.41, 5.74) is 0. The van der Waals surface area contributed by atoms with Crippen molar-refractivity contribution in [1.29, 1.82) is 0 Å². The maximum absolute atomic E-state index is 12.9. The number of hydrogen-bond donors (Lipinski definition) is 3. The van der Waals surface area contributed by atoms with Gasteiger partial charge in [-0.3, -0.25) is 13.8 Å². The zero-order valence-corrected chi connectivity index (χ0v) is 39.4. The smallest absolute Gasteiger partial charge is 0.387 e. The number of carbonyl (C=O) groups excluding carboxylic acids is 1. The minimum Gasteiger partial charge on any atom is -0.387 e. The lowest BCUT2D eigenvalue weighted by Gasteiger charge is -2.25. The molecular weight excluding hydrogens is 756 g/mol. The number of aliphatic hydroxyl groups excluding tert-OH is 1. The Hall–Kier alpha value is -2.32. The van der Waals surface area contributed by atoms with E-state index in [1.807, 2.05) is 27.2 Å². The van der Waals surface area contributed by atoms with Crippen molar-refractivity contribution in [1.82, 2.24) is 5.32 Å². The number of phosphoric acid groups is 1. The van der Waals surface area contributed by atoms with E-state index in [0.717, 1.165) is 70.6 Å². The lowest BCUT2D eigenvalue weighted by atomic mass is 10.0. The summed E-state index contributed by atoms with van der Waals surface area (Å²) in [6.07, 6.45) is 56.5. The van der Waals surface area contributed by atoms with Gasteiger partial charge in [0.15, 0.2) is 0 Å². The van der Waals surface area contributed by atoms with Gasteiger partial charge < -0.3 is 19.8 Å². The lowest BCUT2D eigenvalue weighted by Crippen LogP contribution is -2.45. The summed E-state index contributed by atoms with van der Waals surface area (Å²) < 4.78 is 23.6. The first-order chi connectivity index (χ1) is 28.5. The van der Waals surface area contributed by atoms with Crippen molar-refractivity contribution < 1.29 is 32.9 Å². The van der Waals surface area contributed by atoms with E-state index in [-0.39, 0.29) is 19.1 Å². The molecule has 8 nitrogen and oxygen atoms in total. The van der Waals surface area contributed by atoms with E-state index in [1.165, 1.54) is 77.0 Å². The van der Waals surface area contributed by atoms with E-state index in [1.54, 1.807) is 6.08 Å². The number of unbranched alkanes of at least 4 members (excludes halogenated alkanes) is 16. The Morgan fingerprint density at radius 2 is 1.02 bits per heavy atom. The van der Waals surface area contributed by atoms with Gasteiger partial charge in [-0.1, -0.05) is 182 Å². The van der Waals surface area contributed by atoms with Crippen LogP contribution in [0.25, 0.3) is 0 Å². The van der Waals surface area contributed by atoms with Crippen molar-refractivity contribution in [2.45, 2.75) is 187 Å². The van der Waals surface area contributed by atoms with Gasteiger partial charge in [0, 0.05) is 6.42 Å². The van der Waals surface area contributed by atoms with Crippen LogP contribution in [0.1, 0.15) is 174 Å². The normalized spacial score (nSPS) is 15.0. The number of amides is 1. The Kier molecular flexibility index (Phi) is 39.4. The van der Waals surface area contributed by atoms with Crippen LogP contribution in [0.5, 0.6) is 0 Å². The largest absolute Gasteiger partial charge is 0.472 e. The molecule has 59 heavy (non-hydrogen) atoms. The summed E-state index contributed by atoms with van der Waals surface area (Å²) in [5, 5.41) is 13.8. The minimum atomic E-state index is -4.36. The second kappa shape index (κ2) is 41.1. The van der Waals surface area contributed by atoms with Crippen LogP contribution in [0.15, 0.2) is 85.1 Å². The molecule has 0 heterocycles. The molecule has 0 aromatic heterocycles. The molecule has 0 rings (SSSR count). The highest BCUT2D eigenvalue weighted by Gasteiger charge is 2.27. The number of likely N-dealkylation sites (N-methyl/N-ethyl adjacent to an activating group) is 1. The Labute approximate surface area is 363 Å². The predicted octanol–water partition coefficient (Wildman–Crippen LogP) is 13.4. The molecule has 0 saturated carbocycles. The molecule has 1 amide bonds. The molecule has 0 aromatic rings. The second-order valence-corrected chi connectivity index (χ2v) is 18.2. The number of carbonyl (C=O) groups is 1. The standard InChI is InChI=1S/C50H89N2O6P/c1-6-8-10-12-14-16-18-20-22-24-25-26-27-28-30-32-34-36-38-40-42-44-50(54)51-48(47-58-59(55,56)57-46-45-52(3,4)5)49(53)43-41-39-37-35-33-31-29-23-21-19-17-15-13-11-9-7-2/h8,10,14,16,20,22,25-26,28,30,34,36,41,43,48-49,53H,6-7,9,11-13,15,17-19,21,23-24,27,29,31-33,35,37-40,42,44-47H2,1-5H3,(H-,51,54,55,56)/p+1/b10-8-,16-14-,22-20-,26-25-,30-28-,36-34-,43-41+. The summed E-state index contributed by atoms with van der Waals surface area (Å²) in [4.78, 5) is 23.1. The first-order valence-corrected chi connectivity index (χ1v) is 25.0. The third-order valence-corrected chi connectivity index (χ3v) is 10.9. The average Bonchev–Trinajstić information content (AvgIpc) is 3.19. The number of nitrogens with zero attached hydrogens (tertiary/aromatic N) is 1. The zero-order chi connectivity index (χ0) is 43.6. The summed E-state index contributed by atoms with van der Waals surface area (Å²) in [6.45, 7) is 4.65. The van der Waals surface area contributed by atoms with E-state index >= 15 is 0 Å². The van der Waals surface area contributed by atoms with Gasteiger partial charge in [0.05, 0.1) is 39.9 Å². The molecule has 0 aromatic carbocycles. The topological polar surface area (TPSA) is 105 Å². The van der Waals surface area contributed by atoms with Crippen LogP contribution in [0.4, 0.5) is 0 Å². The van der Waals surface area contributed by atoms with Gasteiger partial charge in [-0.15, -0.1) is 0 Å². The summed E-state index contributed by atoms with van der Waals surface area (Å²) in [6, 6.07) is -0.874. The molecule has 0 spiro atoms. The average molecular weight is 846 g/mol. The quantitative estimate of drug-likeness (QED) is 0.0245. The number of allylic oxidation sites excluding steroid dienone is 13. The van der Waals surface area contributed by atoms with Crippen LogP contribution in [0.2, 0.25) is 0 Å². The fourth-order valence-electron chi connectivity index (χ4n) is 6.16. The zero-order valence-electron chi connectivity index (χ0n) is 38.5. The van der Waals surface area contributed by atoms with Crippen LogP contribution in [0, 0.1) is 0 Å². The third kappa shape index (κ3) is 43.6. The molecule has 0 radical (unpaired) electrons. The fraction of sp³-hybridized carbons (Fsp3) is 0.700. The predicted molar refractivity (Wildman–Crippen MR) is 253 cm³/mol. The van der Waals surface area contributed by atoms with Crippen molar-refractivity contribution in [2.24, 2.45) is 0 Å². The van der Waals surface area contributed by atoms with Gasteiger partial charge in [-0.25, -0.2) is 4.57 Å². The van der Waals surface area contributed by atoms with Gasteiger partial charge in [0.25, 0.3) is 0 Å². The van der Waals surface area contributed by atoms with E-state index in [2.05, 4.69) is 92.1 Å². The van der Waals surface area contributed by atoms with Crippen LogP contribution < -0.4 is 5.32 Å². The molecule has 340 valence electrons. The second-order valence-electron chi connectivity index (χ2n) is 16.8. The van der Waals surface area contributed by atoms with Crippen LogP contribution in [-0.4, -0.2) is 73.4 Å². The molecule has 0 aliphatic rings. The molecule has 3 unspecified atom stereocenters. The van der Waals surface area contributed by atoms with Crippen LogP contribution in [0.3, 0.4) is 0 Å². The van der Waals surface area contributed by atoms with Crippen LogP contribution in [-0.2, 0) is 18.4 Å². The van der Waals surface area contributed by atoms with Crippen molar-refractivity contribution >= 4 is 13.7 Å². The van der Waals surface area contributed by atoms with Gasteiger partial charge in [0.1, 0.15) is 13.2 Å². The highest BCUT2D eigenvalue weighted by atomic mass is 31.2. The Morgan fingerprint density at radius 3 is 1.49 bits per heavy atom. The fourth-order valence-corrected chi connectivity index (χ4v) is 6.90. The number of rotatable bonds is 41. The maximum Gasteiger partial charge on any atom is 0.472 e. The first-order valence-electron chi connectivity index (χ1n) is 23.5. The number of nitrogens with one attached hydrogen (secondary N) is 1. The number of aliphatic hydroxyl groups is 1. The molecule has 0 aliphatic carbocycles. The highest BCUT2D eigenvalue weighted by molar-refractivity contribution is 7.47. The van der Waals surface area contributed by atoms with E-state index in [0.29, 0.717) is 23.9 Å². The van der Waals surface area contributed by atoms with Crippen molar-refractivity contribution in [3.63, 3.8) is 0 Å². The summed E-state index contributed by atoms with van der Waals surface area (Å²) in [5.74, 6) is -0.223. The molecular formula is C50H90N2O6P+. The van der Waals surface area contributed by atoms with E-state index in [4.69, 9.17) is 9.05 Å². The van der Waals surface area contributed by atoms with Gasteiger partial charge in [0.2, 0.25) is 5.91 Å². The van der Waals surface area contributed by atoms with Crippen molar-refractivity contribution in [3.05, 3.63) is 85.1 Å². The summed E-state index contributed by atoms with van der Waals surface area (Å²) >= 11 is 0. The molecule has 0 aliphatic heterocycles. The van der Waals surface area contributed by atoms with Gasteiger partial charge in [-0.05, 0) is 70.6 Å². The minimum absolute atomic E-state index is 0.0483. The Balaban J connectivity index is 4.50. The number of phosphoric ester groups is 1. The Morgan fingerprint density at radius 1 is 0.593 bits per heavy atom. The van der Waals surface area contributed by atoms with Crippen molar-refractivity contribution in [3.8, 4) is 0 Å². The van der Waals surface area contributed by atoms with E-state index in [9.17, 15) is 19.4 Å². The maximum atomic E-state index is 12.9. The first kappa shape index (κ1) is 56.7. The van der Waals surface area contributed by atoms with Crippen molar-refractivity contribution in [2.75, 3.05) is 40.9 Å². The third-order valence-electron chi connectivity index (χ3n) is 9.87.